The number of allylic oxidation sites excluding steroid dienone is 4. The number of hydrogen-bond acceptors (Lipinski definition) is 1. The topological polar surface area (TPSA) is 17.1 Å². The molecule has 0 unspecified atom stereocenters. The first-order valence-electron chi connectivity index (χ1n) is 5.68. The molecule has 84 valence electrons. The lowest BCUT2D eigenvalue weighted by Gasteiger charge is -2.37. The Labute approximate surface area is 93.3 Å². The van der Waals surface area contributed by atoms with Crippen molar-refractivity contribution in [3.63, 3.8) is 0 Å². The second-order valence-corrected chi connectivity index (χ2v) is 5.41. The van der Waals surface area contributed by atoms with Gasteiger partial charge in [-0.2, -0.15) is 0 Å². The van der Waals surface area contributed by atoms with Gasteiger partial charge in [0.2, 0.25) is 0 Å². The summed E-state index contributed by atoms with van der Waals surface area (Å²) in [6.07, 6.45) is 6.57. The third-order valence-corrected chi connectivity index (χ3v) is 3.51. The molecule has 0 aromatic heterocycles. The normalized spacial score (nSPS) is 35.7. The van der Waals surface area contributed by atoms with E-state index in [-0.39, 0.29) is 11.3 Å². The molecule has 0 radical (unpaired) electrons. The van der Waals surface area contributed by atoms with Gasteiger partial charge in [-0.3, -0.25) is 0 Å². The zero-order chi connectivity index (χ0) is 11.6. The first-order valence-corrected chi connectivity index (χ1v) is 5.68. The van der Waals surface area contributed by atoms with Crippen molar-refractivity contribution in [1.29, 1.82) is 0 Å². The van der Waals surface area contributed by atoms with Gasteiger partial charge >= 0.3 is 0 Å². The molecule has 0 aromatic carbocycles. The fraction of sp³-hybridized carbons (Fsp3) is 0.643. The molecule has 0 fully saturated rings. The van der Waals surface area contributed by atoms with Gasteiger partial charge in [0, 0.05) is 11.3 Å². The Bertz CT molecular complexity index is 307. The minimum atomic E-state index is -0.212. The summed E-state index contributed by atoms with van der Waals surface area (Å²) < 4.78 is 0. The summed E-state index contributed by atoms with van der Waals surface area (Å²) in [7, 11) is 0. The zero-order valence-corrected chi connectivity index (χ0v) is 10.5. The molecule has 0 heterocycles. The number of rotatable bonds is 2. The second-order valence-electron chi connectivity index (χ2n) is 5.41. The summed E-state index contributed by atoms with van der Waals surface area (Å²) in [6, 6.07) is 0. The third kappa shape index (κ3) is 2.58. The quantitative estimate of drug-likeness (QED) is 0.496. The van der Waals surface area contributed by atoms with Gasteiger partial charge in [0.15, 0.2) is 0 Å². The van der Waals surface area contributed by atoms with E-state index in [1.165, 1.54) is 11.1 Å². The lowest BCUT2D eigenvalue weighted by atomic mass is 9.66. The van der Waals surface area contributed by atoms with Gasteiger partial charge in [-0.25, -0.2) is 0 Å². The van der Waals surface area contributed by atoms with Gasteiger partial charge in [0.25, 0.3) is 0 Å². The van der Waals surface area contributed by atoms with Gasteiger partial charge in [0.1, 0.15) is 6.29 Å². The van der Waals surface area contributed by atoms with E-state index in [0.717, 1.165) is 12.7 Å². The predicted octanol–water partition coefficient (Wildman–Crippen LogP) is 3.76. The average molecular weight is 206 g/mol. The van der Waals surface area contributed by atoms with Gasteiger partial charge < -0.3 is 4.79 Å². The van der Waals surface area contributed by atoms with E-state index in [1.54, 1.807) is 0 Å². The molecule has 0 amide bonds. The molecule has 0 saturated carbocycles. The molecule has 1 rings (SSSR count). The molecular weight excluding hydrogens is 184 g/mol. The van der Waals surface area contributed by atoms with Crippen LogP contribution in [0.5, 0.6) is 0 Å². The maximum atomic E-state index is 11.3. The van der Waals surface area contributed by atoms with Crippen LogP contribution in [0.2, 0.25) is 0 Å². The minimum absolute atomic E-state index is 0.212. The van der Waals surface area contributed by atoms with Crippen LogP contribution >= 0.6 is 0 Å². The Morgan fingerprint density at radius 2 is 2.13 bits per heavy atom. The highest BCUT2D eigenvalue weighted by molar-refractivity contribution is 5.61. The summed E-state index contributed by atoms with van der Waals surface area (Å²) in [6.45, 7) is 10.6. The molecule has 0 N–H and O–H groups in total. The SMILES string of the molecule is CC(C)=C[C@H]1C=C(C)[C@@H](C)C[C@@]1(C)C=O. The van der Waals surface area contributed by atoms with Crippen molar-refractivity contribution in [3.8, 4) is 0 Å². The molecule has 0 spiro atoms. The summed E-state index contributed by atoms with van der Waals surface area (Å²) in [5.74, 6) is 0.804. The molecule has 1 nitrogen and oxygen atoms in total. The van der Waals surface area contributed by atoms with Gasteiger partial charge in [-0.05, 0) is 33.1 Å². The van der Waals surface area contributed by atoms with Crippen LogP contribution in [0.4, 0.5) is 0 Å². The highest BCUT2D eigenvalue weighted by atomic mass is 16.1. The Kier molecular flexibility index (Phi) is 3.54. The Balaban J connectivity index is 3.09. The van der Waals surface area contributed by atoms with Crippen LogP contribution in [0.15, 0.2) is 23.3 Å². The van der Waals surface area contributed by atoms with Crippen LogP contribution in [0.3, 0.4) is 0 Å². The Hall–Kier alpha value is -0.850. The minimum Gasteiger partial charge on any atom is -0.303 e. The number of carbonyl (C=O) groups excluding carboxylic acids is 1. The fourth-order valence-corrected chi connectivity index (χ4v) is 2.32. The Morgan fingerprint density at radius 3 is 2.60 bits per heavy atom. The molecule has 3 atom stereocenters. The second kappa shape index (κ2) is 4.34. The molecular formula is C14H22O. The van der Waals surface area contributed by atoms with Crippen molar-refractivity contribution >= 4 is 6.29 Å². The van der Waals surface area contributed by atoms with Gasteiger partial charge in [0.05, 0.1) is 0 Å². The van der Waals surface area contributed by atoms with E-state index in [2.05, 4.69) is 46.8 Å². The molecule has 15 heavy (non-hydrogen) atoms. The number of hydrogen-bond donors (Lipinski definition) is 0. The fourth-order valence-electron chi connectivity index (χ4n) is 2.32. The molecule has 0 aliphatic heterocycles. The summed E-state index contributed by atoms with van der Waals surface area (Å²) in [5.41, 5.74) is 2.49. The van der Waals surface area contributed by atoms with Crippen molar-refractivity contribution in [1.82, 2.24) is 0 Å². The maximum absolute atomic E-state index is 11.3. The van der Waals surface area contributed by atoms with Gasteiger partial charge in [-0.15, -0.1) is 0 Å². The van der Waals surface area contributed by atoms with Crippen LogP contribution in [0.25, 0.3) is 0 Å². The van der Waals surface area contributed by atoms with Crippen molar-refractivity contribution in [2.24, 2.45) is 17.3 Å². The first kappa shape index (κ1) is 12.2. The maximum Gasteiger partial charge on any atom is 0.126 e. The monoisotopic (exact) mass is 206 g/mol. The smallest absolute Gasteiger partial charge is 0.126 e. The Morgan fingerprint density at radius 1 is 1.53 bits per heavy atom. The largest absolute Gasteiger partial charge is 0.303 e. The van der Waals surface area contributed by atoms with Crippen molar-refractivity contribution < 1.29 is 4.79 Å². The predicted molar refractivity (Wildman–Crippen MR) is 64.6 cm³/mol. The molecule has 1 heteroatoms. The lowest BCUT2D eigenvalue weighted by molar-refractivity contribution is -0.117. The molecule has 0 saturated heterocycles. The van der Waals surface area contributed by atoms with Crippen molar-refractivity contribution in [2.75, 3.05) is 0 Å². The van der Waals surface area contributed by atoms with Crippen LogP contribution in [0.1, 0.15) is 41.0 Å². The van der Waals surface area contributed by atoms with Crippen LogP contribution in [-0.2, 0) is 4.79 Å². The van der Waals surface area contributed by atoms with Crippen molar-refractivity contribution in [2.45, 2.75) is 41.0 Å². The highest BCUT2D eigenvalue weighted by Gasteiger charge is 2.36. The van der Waals surface area contributed by atoms with E-state index in [0.29, 0.717) is 5.92 Å². The number of aldehydes is 1. The lowest BCUT2D eigenvalue weighted by Crippen LogP contribution is -2.33. The van der Waals surface area contributed by atoms with Crippen molar-refractivity contribution in [3.05, 3.63) is 23.3 Å². The molecule has 0 aromatic rings. The summed E-state index contributed by atoms with van der Waals surface area (Å²) >= 11 is 0. The van der Waals surface area contributed by atoms with E-state index < -0.39 is 0 Å². The summed E-state index contributed by atoms with van der Waals surface area (Å²) in [4.78, 5) is 11.3. The summed E-state index contributed by atoms with van der Waals surface area (Å²) in [5, 5.41) is 0. The van der Waals surface area contributed by atoms with Gasteiger partial charge in [-0.1, -0.05) is 37.1 Å². The van der Waals surface area contributed by atoms with E-state index in [9.17, 15) is 4.79 Å². The van der Waals surface area contributed by atoms with E-state index in [1.807, 2.05) is 0 Å². The average Bonchev–Trinajstić information content (AvgIpc) is 2.13. The van der Waals surface area contributed by atoms with Crippen LogP contribution < -0.4 is 0 Å². The molecule has 1 aliphatic rings. The van der Waals surface area contributed by atoms with Crippen LogP contribution in [-0.4, -0.2) is 6.29 Å². The zero-order valence-electron chi connectivity index (χ0n) is 10.5. The third-order valence-electron chi connectivity index (χ3n) is 3.51. The molecule has 1 aliphatic carbocycles. The van der Waals surface area contributed by atoms with Crippen LogP contribution in [0, 0.1) is 17.3 Å². The highest BCUT2D eigenvalue weighted by Crippen LogP contribution is 2.42. The van der Waals surface area contributed by atoms with E-state index in [4.69, 9.17) is 0 Å². The molecule has 0 bridgehead atoms. The number of carbonyl (C=O) groups is 1. The first-order chi connectivity index (χ1) is 6.89. The standard InChI is InChI=1S/C14H22O/c1-10(2)6-13-7-11(3)12(4)8-14(13,5)9-15/h6-7,9,12-13H,8H2,1-5H3/t12-,13-,14-/m0/s1. The van der Waals surface area contributed by atoms with E-state index >= 15 is 0 Å².